The fourth-order valence-corrected chi connectivity index (χ4v) is 2.21. The van der Waals surface area contributed by atoms with Gasteiger partial charge >= 0.3 is 0 Å². The van der Waals surface area contributed by atoms with E-state index in [1.54, 1.807) is 30.3 Å². The van der Waals surface area contributed by atoms with Gasteiger partial charge in [-0.2, -0.15) is 12.8 Å². The quantitative estimate of drug-likeness (QED) is 0.780. The van der Waals surface area contributed by atoms with Gasteiger partial charge in [-0.1, -0.05) is 48.5 Å². The molecule has 2 rings (SSSR count). The third-order valence-corrected chi connectivity index (χ3v) is 3.43. The maximum absolute atomic E-state index is 11.8. The van der Waals surface area contributed by atoms with Crippen LogP contribution in [0.4, 0.5) is 0 Å². The molecular formula is C13H11NO2S. The fraction of sp³-hybridized carbons (Fsp3) is 0. The van der Waals surface area contributed by atoms with Crippen LogP contribution < -0.4 is 0 Å². The second-order valence-corrected chi connectivity index (χ2v) is 5.07. The highest BCUT2D eigenvalue weighted by molar-refractivity contribution is 7.90. The summed E-state index contributed by atoms with van der Waals surface area (Å²) in [6.45, 7) is 0. The van der Waals surface area contributed by atoms with E-state index in [-0.39, 0.29) is 4.90 Å². The number of sulfonamides is 1. The van der Waals surface area contributed by atoms with Crippen LogP contribution >= 0.6 is 0 Å². The van der Waals surface area contributed by atoms with Crippen LogP contribution in [0.15, 0.2) is 70.0 Å². The Balaban J connectivity index is 2.28. The average Bonchev–Trinajstić information content (AvgIpc) is 2.39. The predicted octanol–water partition coefficient (Wildman–Crippen LogP) is 2.49. The molecule has 0 unspecified atom stereocenters. The number of nitrogens with zero attached hydrogens (tertiary/aromatic N) is 1. The van der Waals surface area contributed by atoms with E-state index in [4.69, 9.17) is 0 Å². The molecule has 0 N–H and O–H groups in total. The second-order valence-electron chi connectivity index (χ2n) is 3.43. The van der Waals surface area contributed by atoms with Gasteiger partial charge in [-0.05, 0) is 17.7 Å². The molecule has 4 heteroatoms. The second kappa shape index (κ2) is 4.93. The molecule has 3 nitrogen and oxygen atoms in total. The molecule has 0 bridgehead atoms. The summed E-state index contributed by atoms with van der Waals surface area (Å²) in [6.07, 6.45) is 1.35. The molecule has 0 fully saturated rings. The zero-order chi connectivity index (χ0) is 12.1. The zero-order valence-electron chi connectivity index (χ0n) is 9.02. The molecule has 0 atom stereocenters. The van der Waals surface area contributed by atoms with Crippen LogP contribution in [-0.4, -0.2) is 14.6 Å². The Morgan fingerprint density at radius 3 is 1.94 bits per heavy atom. The molecule has 0 aliphatic rings. The van der Waals surface area contributed by atoms with Crippen molar-refractivity contribution in [3.8, 4) is 0 Å². The van der Waals surface area contributed by atoms with Gasteiger partial charge in [0.15, 0.2) is 0 Å². The number of hydrogen-bond donors (Lipinski definition) is 0. The molecule has 2 aromatic rings. The standard InChI is InChI=1S/C13H11NO2S/c15-17(16,13-9-5-2-6-10-13)14-11-12-7-3-1-4-8-12/h1-11H. The van der Waals surface area contributed by atoms with Crippen molar-refractivity contribution in [2.75, 3.05) is 0 Å². The van der Waals surface area contributed by atoms with Gasteiger partial charge in [0.05, 0.1) is 4.90 Å². The van der Waals surface area contributed by atoms with E-state index < -0.39 is 10.0 Å². The highest BCUT2D eigenvalue weighted by Gasteiger charge is 2.09. The first-order valence-electron chi connectivity index (χ1n) is 5.09. The number of rotatable bonds is 3. The van der Waals surface area contributed by atoms with E-state index >= 15 is 0 Å². The summed E-state index contributed by atoms with van der Waals surface area (Å²) >= 11 is 0. The van der Waals surface area contributed by atoms with Crippen LogP contribution in [0.25, 0.3) is 0 Å². The zero-order valence-corrected chi connectivity index (χ0v) is 9.84. The largest absolute Gasteiger partial charge is 0.282 e. The molecule has 86 valence electrons. The maximum atomic E-state index is 11.8. The minimum Gasteiger partial charge on any atom is -0.199 e. The van der Waals surface area contributed by atoms with Gasteiger partial charge in [0.25, 0.3) is 10.0 Å². The summed E-state index contributed by atoms with van der Waals surface area (Å²) in [5.74, 6) is 0. The van der Waals surface area contributed by atoms with Gasteiger partial charge in [-0.15, -0.1) is 0 Å². The van der Waals surface area contributed by atoms with Gasteiger partial charge in [0, 0.05) is 6.21 Å². The lowest BCUT2D eigenvalue weighted by Crippen LogP contribution is -1.97. The van der Waals surface area contributed by atoms with Crippen molar-refractivity contribution in [2.24, 2.45) is 4.40 Å². The third-order valence-electron chi connectivity index (χ3n) is 2.18. The van der Waals surface area contributed by atoms with E-state index in [9.17, 15) is 8.42 Å². The Kier molecular flexibility index (Phi) is 3.35. The first-order valence-corrected chi connectivity index (χ1v) is 6.53. The highest BCUT2D eigenvalue weighted by Crippen LogP contribution is 2.11. The molecule has 2 aromatic carbocycles. The Hall–Kier alpha value is -1.94. The molecule has 0 aromatic heterocycles. The van der Waals surface area contributed by atoms with E-state index in [0.717, 1.165) is 5.56 Å². The van der Waals surface area contributed by atoms with Gasteiger partial charge in [-0.25, -0.2) is 0 Å². The Bertz CT molecular complexity index is 604. The molecule has 17 heavy (non-hydrogen) atoms. The molecule has 0 heterocycles. The van der Waals surface area contributed by atoms with E-state index in [1.807, 2.05) is 18.2 Å². The minimum absolute atomic E-state index is 0.201. The van der Waals surface area contributed by atoms with Gasteiger partial charge in [-0.3, -0.25) is 0 Å². The normalized spacial score (nSPS) is 11.8. The van der Waals surface area contributed by atoms with Gasteiger partial charge in [0.2, 0.25) is 0 Å². The molecule has 0 radical (unpaired) electrons. The molecule has 0 saturated heterocycles. The van der Waals surface area contributed by atoms with E-state index in [1.165, 1.54) is 18.3 Å². The summed E-state index contributed by atoms with van der Waals surface area (Å²) in [5.41, 5.74) is 0.756. The van der Waals surface area contributed by atoms with Crippen molar-refractivity contribution < 1.29 is 8.42 Å². The van der Waals surface area contributed by atoms with Crippen LogP contribution in [-0.2, 0) is 10.0 Å². The van der Waals surface area contributed by atoms with Crippen molar-refractivity contribution in [1.82, 2.24) is 0 Å². The van der Waals surface area contributed by atoms with Crippen LogP contribution in [0.2, 0.25) is 0 Å². The summed E-state index contributed by atoms with van der Waals surface area (Å²) in [5, 5.41) is 0. The summed E-state index contributed by atoms with van der Waals surface area (Å²) < 4.78 is 27.3. The molecule has 0 aliphatic heterocycles. The third kappa shape index (κ3) is 3.01. The minimum atomic E-state index is -3.59. The van der Waals surface area contributed by atoms with Crippen LogP contribution in [0.5, 0.6) is 0 Å². The lowest BCUT2D eigenvalue weighted by molar-refractivity contribution is 0.598. The average molecular weight is 245 g/mol. The SMILES string of the molecule is O=S(=O)(N=Cc1ccccc1)c1ccccc1. The van der Waals surface area contributed by atoms with Crippen molar-refractivity contribution in [3.05, 3.63) is 66.2 Å². The highest BCUT2D eigenvalue weighted by atomic mass is 32.2. The smallest absolute Gasteiger partial charge is 0.199 e. The fourth-order valence-electron chi connectivity index (χ4n) is 1.32. The van der Waals surface area contributed by atoms with E-state index in [2.05, 4.69) is 4.40 Å². The van der Waals surface area contributed by atoms with Crippen molar-refractivity contribution in [1.29, 1.82) is 0 Å². The Morgan fingerprint density at radius 2 is 1.35 bits per heavy atom. The first kappa shape index (κ1) is 11.5. The predicted molar refractivity (Wildman–Crippen MR) is 67.7 cm³/mol. The van der Waals surface area contributed by atoms with Crippen LogP contribution in [0.1, 0.15) is 5.56 Å². The Labute approximate surface area is 101 Å². The van der Waals surface area contributed by atoms with E-state index in [0.29, 0.717) is 0 Å². The molecular weight excluding hydrogens is 234 g/mol. The van der Waals surface area contributed by atoms with Gasteiger partial charge < -0.3 is 0 Å². The van der Waals surface area contributed by atoms with Crippen molar-refractivity contribution >= 4 is 16.2 Å². The summed E-state index contributed by atoms with van der Waals surface area (Å²) in [4.78, 5) is 0.201. The first-order chi connectivity index (χ1) is 8.18. The van der Waals surface area contributed by atoms with Crippen molar-refractivity contribution in [3.63, 3.8) is 0 Å². The lowest BCUT2D eigenvalue weighted by Gasteiger charge is -1.97. The van der Waals surface area contributed by atoms with Crippen LogP contribution in [0, 0.1) is 0 Å². The number of benzene rings is 2. The molecule has 0 aliphatic carbocycles. The Morgan fingerprint density at radius 1 is 0.824 bits per heavy atom. The summed E-state index contributed by atoms with van der Waals surface area (Å²) in [7, 11) is -3.59. The van der Waals surface area contributed by atoms with Gasteiger partial charge in [0.1, 0.15) is 0 Å². The lowest BCUT2D eigenvalue weighted by atomic mass is 10.2. The number of hydrogen-bond acceptors (Lipinski definition) is 2. The van der Waals surface area contributed by atoms with Crippen LogP contribution in [0.3, 0.4) is 0 Å². The monoisotopic (exact) mass is 245 g/mol. The van der Waals surface area contributed by atoms with Crippen molar-refractivity contribution in [2.45, 2.75) is 4.90 Å². The molecule has 0 spiro atoms. The molecule has 0 amide bonds. The topological polar surface area (TPSA) is 46.5 Å². The summed E-state index contributed by atoms with van der Waals surface area (Å²) in [6, 6.07) is 17.3. The maximum Gasteiger partial charge on any atom is 0.282 e. The molecule has 0 saturated carbocycles.